The summed E-state index contributed by atoms with van der Waals surface area (Å²) in [5.41, 5.74) is 2.00. The van der Waals surface area contributed by atoms with Gasteiger partial charge < -0.3 is 4.74 Å². The minimum atomic E-state index is -0.667. The zero-order chi connectivity index (χ0) is 15.1. The predicted molar refractivity (Wildman–Crippen MR) is 84.8 cm³/mol. The van der Waals surface area contributed by atoms with E-state index in [-0.39, 0.29) is 6.10 Å². The highest BCUT2D eigenvalue weighted by atomic mass is 35.5. The van der Waals surface area contributed by atoms with E-state index in [0.29, 0.717) is 0 Å². The molecule has 0 fully saturated rings. The first-order valence-corrected chi connectivity index (χ1v) is 8.38. The van der Waals surface area contributed by atoms with E-state index in [4.69, 9.17) is 22.2 Å². The number of carbonyl (C=O) groups excluding carboxylic acids is 1. The number of halogens is 1. The summed E-state index contributed by atoms with van der Waals surface area (Å²) in [6.07, 6.45) is 12.6. The summed E-state index contributed by atoms with van der Waals surface area (Å²) in [4.78, 5) is 10.8. The Morgan fingerprint density at radius 1 is 1.05 bits per heavy atom. The highest BCUT2D eigenvalue weighted by molar-refractivity contribution is 6.61. The summed E-state index contributed by atoms with van der Waals surface area (Å²) in [5, 5.41) is 0. The molecule has 0 aliphatic heterocycles. The van der Waals surface area contributed by atoms with Crippen molar-refractivity contribution in [3.05, 3.63) is 0 Å². The molecule has 0 aromatic carbocycles. The van der Waals surface area contributed by atoms with Crippen molar-refractivity contribution in [2.45, 2.75) is 83.7 Å². The van der Waals surface area contributed by atoms with Gasteiger partial charge >= 0.3 is 5.43 Å². The smallest absolute Gasteiger partial charge is 0.404 e. The molecular formula is C15H31ClN2O2. The number of unbranched alkanes of at least 4 members (excludes halogenated alkanes) is 7. The topological polar surface area (TPSA) is 64.3 Å². The van der Waals surface area contributed by atoms with Crippen LogP contribution in [0.25, 0.3) is 0 Å². The normalized spacial score (nSPS) is 12.3. The molecule has 120 valence electrons. The van der Waals surface area contributed by atoms with Crippen LogP contribution < -0.4 is 11.3 Å². The minimum absolute atomic E-state index is 0.00979. The van der Waals surface area contributed by atoms with Crippen molar-refractivity contribution in [2.24, 2.45) is 5.84 Å². The zero-order valence-electron chi connectivity index (χ0n) is 12.8. The Hall–Kier alpha value is -0.320. The first-order chi connectivity index (χ1) is 9.70. The fourth-order valence-corrected chi connectivity index (χ4v) is 2.43. The summed E-state index contributed by atoms with van der Waals surface area (Å²) in [6.45, 7) is 3.04. The first kappa shape index (κ1) is 19.7. The van der Waals surface area contributed by atoms with Crippen LogP contribution in [0, 0.1) is 0 Å². The molecule has 0 spiro atoms. The van der Waals surface area contributed by atoms with E-state index in [2.05, 4.69) is 12.3 Å². The third kappa shape index (κ3) is 14.1. The average Bonchev–Trinajstić information content (AvgIpc) is 2.42. The van der Waals surface area contributed by atoms with Gasteiger partial charge in [0.05, 0.1) is 0 Å². The van der Waals surface area contributed by atoms with E-state index in [1.807, 2.05) is 0 Å². The van der Waals surface area contributed by atoms with Crippen LogP contribution in [0.5, 0.6) is 0 Å². The van der Waals surface area contributed by atoms with Gasteiger partial charge in [-0.25, -0.2) is 4.79 Å². The van der Waals surface area contributed by atoms with Gasteiger partial charge in [0.2, 0.25) is 0 Å². The molecule has 0 bridgehead atoms. The maximum atomic E-state index is 10.8. The van der Waals surface area contributed by atoms with Crippen molar-refractivity contribution in [3.63, 3.8) is 0 Å². The lowest BCUT2D eigenvalue weighted by Gasteiger charge is -2.15. The standard InChI is InChI=1S/C15H31ClN2O2/c1-2-3-11-14(20-15(16)19)12-9-7-5-4-6-8-10-13-18-17/h14,18H,2-13,17H2,1H3. The fourth-order valence-electron chi connectivity index (χ4n) is 2.31. The van der Waals surface area contributed by atoms with Gasteiger partial charge in [0, 0.05) is 18.1 Å². The highest BCUT2D eigenvalue weighted by Crippen LogP contribution is 2.16. The minimum Gasteiger partial charge on any atom is -0.450 e. The van der Waals surface area contributed by atoms with E-state index >= 15 is 0 Å². The number of hydrazine groups is 1. The van der Waals surface area contributed by atoms with Gasteiger partial charge in [0.15, 0.2) is 0 Å². The Labute approximate surface area is 128 Å². The second-order valence-electron chi connectivity index (χ2n) is 5.34. The van der Waals surface area contributed by atoms with Crippen LogP contribution in [0.3, 0.4) is 0 Å². The molecular weight excluding hydrogens is 276 g/mol. The van der Waals surface area contributed by atoms with Gasteiger partial charge in [-0.05, 0) is 25.7 Å². The third-order valence-electron chi connectivity index (χ3n) is 3.49. The predicted octanol–water partition coefficient (Wildman–Crippen LogP) is 4.50. The molecule has 0 aromatic rings. The van der Waals surface area contributed by atoms with Crippen molar-refractivity contribution in [1.82, 2.24) is 5.43 Å². The molecule has 0 aromatic heterocycles. The lowest BCUT2D eigenvalue weighted by Crippen LogP contribution is -2.22. The molecule has 5 heteroatoms. The van der Waals surface area contributed by atoms with E-state index in [9.17, 15) is 4.79 Å². The van der Waals surface area contributed by atoms with E-state index in [0.717, 1.165) is 45.1 Å². The van der Waals surface area contributed by atoms with Crippen molar-refractivity contribution in [1.29, 1.82) is 0 Å². The van der Waals surface area contributed by atoms with Crippen LogP contribution >= 0.6 is 11.6 Å². The molecule has 0 saturated heterocycles. The van der Waals surface area contributed by atoms with Crippen LogP contribution in [-0.4, -0.2) is 18.1 Å². The molecule has 0 aliphatic carbocycles. The molecule has 0 radical (unpaired) electrons. The van der Waals surface area contributed by atoms with Gasteiger partial charge in [-0.1, -0.05) is 51.9 Å². The maximum Gasteiger partial charge on any atom is 0.404 e. The number of rotatable bonds is 14. The van der Waals surface area contributed by atoms with E-state index < -0.39 is 5.43 Å². The SMILES string of the molecule is CCCCC(CCCCCCCCCNN)OC(=O)Cl. The van der Waals surface area contributed by atoms with Gasteiger partial charge in [-0.3, -0.25) is 11.3 Å². The molecule has 4 nitrogen and oxygen atoms in total. The molecule has 0 rings (SSSR count). The molecule has 0 amide bonds. The van der Waals surface area contributed by atoms with E-state index in [1.54, 1.807) is 0 Å². The van der Waals surface area contributed by atoms with Crippen molar-refractivity contribution < 1.29 is 9.53 Å². The summed E-state index contributed by atoms with van der Waals surface area (Å²) in [7, 11) is 0. The Morgan fingerprint density at radius 2 is 1.60 bits per heavy atom. The van der Waals surface area contributed by atoms with Gasteiger partial charge in [0.25, 0.3) is 0 Å². The monoisotopic (exact) mass is 306 g/mol. The fraction of sp³-hybridized carbons (Fsp3) is 0.933. The summed E-state index contributed by atoms with van der Waals surface area (Å²) in [5.74, 6) is 5.21. The van der Waals surface area contributed by atoms with E-state index in [1.165, 1.54) is 32.1 Å². The van der Waals surface area contributed by atoms with Crippen molar-refractivity contribution in [2.75, 3.05) is 6.54 Å². The molecule has 1 unspecified atom stereocenters. The number of ether oxygens (including phenoxy) is 1. The van der Waals surface area contributed by atoms with Gasteiger partial charge in [-0.15, -0.1) is 0 Å². The quantitative estimate of drug-likeness (QED) is 0.214. The van der Waals surface area contributed by atoms with Gasteiger partial charge in [0.1, 0.15) is 6.10 Å². The Morgan fingerprint density at radius 3 is 2.15 bits per heavy atom. The Bertz CT molecular complexity index is 228. The molecule has 20 heavy (non-hydrogen) atoms. The lowest BCUT2D eigenvalue weighted by molar-refractivity contribution is 0.106. The maximum absolute atomic E-state index is 10.8. The van der Waals surface area contributed by atoms with Crippen LogP contribution in [0.15, 0.2) is 0 Å². The van der Waals surface area contributed by atoms with Crippen molar-refractivity contribution >= 4 is 17.0 Å². The first-order valence-electron chi connectivity index (χ1n) is 8.00. The molecule has 0 saturated carbocycles. The zero-order valence-corrected chi connectivity index (χ0v) is 13.6. The van der Waals surface area contributed by atoms with Crippen LogP contribution in [0.2, 0.25) is 0 Å². The summed E-state index contributed by atoms with van der Waals surface area (Å²) < 4.78 is 5.13. The lowest BCUT2D eigenvalue weighted by atomic mass is 10.0. The van der Waals surface area contributed by atoms with Crippen LogP contribution in [-0.2, 0) is 4.74 Å². The second kappa shape index (κ2) is 15.1. The number of nitrogens with two attached hydrogens (primary N) is 1. The Balaban J connectivity index is 3.45. The van der Waals surface area contributed by atoms with Crippen LogP contribution in [0.4, 0.5) is 4.79 Å². The van der Waals surface area contributed by atoms with Crippen LogP contribution in [0.1, 0.15) is 77.6 Å². The number of hydrogen-bond donors (Lipinski definition) is 2. The molecule has 0 aliphatic rings. The summed E-state index contributed by atoms with van der Waals surface area (Å²) in [6, 6.07) is 0. The molecule has 3 N–H and O–H groups in total. The largest absolute Gasteiger partial charge is 0.450 e. The summed E-state index contributed by atoms with van der Waals surface area (Å²) >= 11 is 5.30. The molecule has 1 atom stereocenters. The van der Waals surface area contributed by atoms with Gasteiger partial charge in [-0.2, -0.15) is 0 Å². The number of carbonyl (C=O) groups is 1. The number of hydrogen-bond acceptors (Lipinski definition) is 4. The van der Waals surface area contributed by atoms with Crippen molar-refractivity contribution in [3.8, 4) is 0 Å². The Kier molecular flexibility index (Phi) is 14.8. The molecule has 0 heterocycles. The highest BCUT2D eigenvalue weighted by Gasteiger charge is 2.11. The average molecular weight is 307 g/mol. The second-order valence-corrected chi connectivity index (χ2v) is 5.65. The number of nitrogens with one attached hydrogen (secondary N) is 1. The third-order valence-corrected chi connectivity index (χ3v) is 3.58.